The Bertz CT molecular complexity index is 731. The van der Waals surface area contributed by atoms with Gasteiger partial charge < -0.3 is 15.8 Å². The first-order chi connectivity index (χ1) is 11.5. The van der Waals surface area contributed by atoms with E-state index in [9.17, 15) is 4.79 Å². The maximum Gasteiger partial charge on any atom is 0.255 e. The minimum atomic E-state index is -0.210. The van der Waals surface area contributed by atoms with Gasteiger partial charge in [-0.2, -0.15) is 0 Å². The number of hydrogen-bond acceptors (Lipinski definition) is 5. The summed E-state index contributed by atoms with van der Waals surface area (Å²) in [6.45, 7) is 8.23. The van der Waals surface area contributed by atoms with Crippen molar-refractivity contribution in [3.8, 4) is 17.0 Å². The molecule has 24 heavy (non-hydrogen) atoms. The quantitative estimate of drug-likeness (QED) is 0.851. The molecule has 0 fully saturated rings. The fourth-order valence-corrected chi connectivity index (χ4v) is 2.36. The minimum Gasteiger partial charge on any atom is -0.491 e. The number of nitrogens with two attached hydrogens (primary N) is 1. The van der Waals surface area contributed by atoms with Crippen LogP contribution in [0.4, 0.5) is 5.95 Å². The van der Waals surface area contributed by atoms with E-state index in [4.69, 9.17) is 10.5 Å². The third kappa shape index (κ3) is 4.01. The van der Waals surface area contributed by atoms with Crippen molar-refractivity contribution < 1.29 is 9.53 Å². The smallest absolute Gasteiger partial charge is 0.255 e. The highest BCUT2D eigenvalue weighted by atomic mass is 16.5. The van der Waals surface area contributed by atoms with Crippen LogP contribution in [0, 0.1) is 6.92 Å². The number of amides is 1. The predicted octanol–water partition coefficient (Wildman–Crippen LogP) is 2.96. The summed E-state index contributed by atoms with van der Waals surface area (Å²) in [7, 11) is 0. The molecule has 2 rings (SSSR count). The van der Waals surface area contributed by atoms with Crippen LogP contribution in [0.15, 0.2) is 24.3 Å². The number of carbonyl (C=O) groups is 1. The molecule has 1 unspecified atom stereocenters. The molecule has 0 bridgehead atoms. The van der Waals surface area contributed by atoms with Gasteiger partial charge in [-0.3, -0.25) is 4.79 Å². The van der Waals surface area contributed by atoms with Gasteiger partial charge in [0.2, 0.25) is 5.95 Å². The summed E-state index contributed by atoms with van der Waals surface area (Å²) >= 11 is 0. The number of nitrogens with one attached hydrogen (secondary N) is 1. The second-order valence-corrected chi connectivity index (χ2v) is 5.61. The van der Waals surface area contributed by atoms with Crippen LogP contribution in [0.3, 0.4) is 0 Å². The fraction of sp³-hybridized carbons (Fsp3) is 0.389. The number of benzene rings is 1. The average molecular weight is 328 g/mol. The Hall–Kier alpha value is -2.63. The Kier molecular flexibility index (Phi) is 5.73. The molecular formula is C18H24N4O2. The molecule has 1 aromatic heterocycles. The molecule has 1 atom stereocenters. The Morgan fingerprint density at radius 2 is 2.08 bits per heavy atom. The van der Waals surface area contributed by atoms with E-state index in [1.165, 1.54) is 0 Å². The lowest BCUT2D eigenvalue weighted by atomic mass is 10.0. The first kappa shape index (κ1) is 17.7. The van der Waals surface area contributed by atoms with Gasteiger partial charge in [0.15, 0.2) is 0 Å². The molecule has 0 aliphatic carbocycles. The van der Waals surface area contributed by atoms with Crippen molar-refractivity contribution in [1.29, 1.82) is 0 Å². The Balaban J connectivity index is 2.51. The third-order valence-corrected chi connectivity index (χ3v) is 3.69. The summed E-state index contributed by atoms with van der Waals surface area (Å²) in [5, 5.41) is 2.80. The van der Waals surface area contributed by atoms with Crippen LogP contribution in [0.2, 0.25) is 0 Å². The molecule has 1 aromatic carbocycles. The van der Waals surface area contributed by atoms with Gasteiger partial charge in [-0.15, -0.1) is 0 Å². The van der Waals surface area contributed by atoms with Crippen molar-refractivity contribution >= 4 is 11.9 Å². The van der Waals surface area contributed by atoms with E-state index < -0.39 is 0 Å². The molecule has 128 valence electrons. The standard InChI is InChI=1S/C18H24N4O2/c1-5-11(3)24-14-9-7-8-13(10-14)16-15(17(23)20-6-2)12(4)21-18(19)22-16/h7-11H,5-6H2,1-4H3,(H,20,23)(H2,19,21,22). The number of nitrogens with zero attached hydrogens (tertiary/aromatic N) is 2. The van der Waals surface area contributed by atoms with Crippen molar-refractivity contribution in [2.75, 3.05) is 12.3 Å². The normalized spacial score (nSPS) is 11.8. The Labute approximate surface area is 142 Å². The highest BCUT2D eigenvalue weighted by molar-refractivity contribution is 6.01. The minimum absolute atomic E-state index is 0.111. The number of carbonyl (C=O) groups excluding carboxylic acids is 1. The van der Waals surface area contributed by atoms with Crippen molar-refractivity contribution in [2.24, 2.45) is 0 Å². The second-order valence-electron chi connectivity index (χ2n) is 5.61. The first-order valence-corrected chi connectivity index (χ1v) is 8.15. The third-order valence-electron chi connectivity index (χ3n) is 3.69. The van der Waals surface area contributed by atoms with Crippen molar-refractivity contribution in [3.63, 3.8) is 0 Å². The van der Waals surface area contributed by atoms with Crippen LogP contribution >= 0.6 is 0 Å². The summed E-state index contributed by atoms with van der Waals surface area (Å²) in [5.41, 5.74) is 8.07. The largest absolute Gasteiger partial charge is 0.491 e. The maximum absolute atomic E-state index is 12.4. The van der Waals surface area contributed by atoms with E-state index in [0.717, 1.165) is 17.7 Å². The van der Waals surface area contributed by atoms with E-state index >= 15 is 0 Å². The van der Waals surface area contributed by atoms with Gasteiger partial charge in [0.05, 0.1) is 23.1 Å². The number of aryl methyl sites for hydroxylation is 1. The fourth-order valence-electron chi connectivity index (χ4n) is 2.36. The van der Waals surface area contributed by atoms with Crippen molar-refractivity contribution in [1.82, 2.24) is 15.3 Å². The van der Waals surface area contributed by atoms with E-state index in [1.54, 1.807) is 6.92 Å². The topological polar surface area (TPSA) is 90.1 Å². The monoisotopic (exact) mass is 328 g/mol. The zero-order valence-corrected chi connectivity index (χ0v) is 14.6. The number of ether oxygens (including phenoxy) is 1. The zero-order valence-electron chi connectivity index (χ0n) is 14.6. The summed E-state index contributed by atoms with van der Waals surface area (Å²) in [4.78, 5) is 20.8. The van der Waals surface area contributed by atoms with Crippen LogP contribution in [-0.2, 0) is 0 Å². The van der Waals surface area contributed by atoms with E-state index in [0.29, 0.717) is 23.5 Å². The molecule has 3 N–H and O–H groups in total. The molecule has 1 heterocycles. The Morgan fingerprint density at radius 3 is 2.75 bits per heavy atom. The number of nitrogen functional groups attached to an aromatic ring is 1. The maximum atomic E-state index is 12.4. The van der Waals surface area contributed by atoms with Gasteiger partial charge in [0.1, 0.15) is 5.75 Å². The lowest BCUT2D eigenvalue weighted by molar-refractivity contribution is 0.0955. The van der Waals surface area contributed by atoms with E-state index in [1.807, 2.05) is 38.1 Å². The molecule has 0 aliphatic rings. The lowest BCUT2D eigenvalue weighted by Gasteiger charge is -2.15. The summed E-state index contributed by atoms with van der Waals surface area (Å²) in [6.07, 6.45) is 1.02. The summed E-state index contributed by atoms with van der Waals surface area (Å²) in [6, 6.07) is 7.52. The number of anilines is 1. The molecule has 2 aromatic rings. The molecule has 0 saturated carbocycles. The summed E-state index contributed by atoms with van der Waals surface area (Å²) in [5.74, 6) is 0.667. The average Bonchev–Trinajstić information content (AvgIpc) is 2.54. The molecule has 0 saturated heterocycles. The van der Waals surface area contributed by atoms with Crippen LogP contribution in [0.1, 0.15) is 43.2 Å². The van der Waals surface area contributed by atoms with Crippen molar-refractivity contribution in [2.45, 2.75) is 40.2 Å². The van der Waals surface area contributed by atoms with Gasteiger partial charge in [0, 0.05) is 12.1 Å². The molecule has 0 aliphatic heterocycles. The molecule has 0 radical (unpaired) electrons. The van der Waals surface area contributed by atoms with E-state index in [2.05, 4.69) is 22.2 Å². The molecule has 0 spiro atoms. The SMILES string of the molecule is CCNC(=O)c1c(C)nc(N)nc1-c1cccc(OC(C)CC)c1. The lowest BCUT2D eigenvalue weighted by Crippen LogP contribution is -2.25. The number of aromatic nitrogens is 2. The van der Waals surface area contributed by atoms with Crippen LogP contribution < -0.4 is 15.8 Å². The molecule has 1 amide bonds. The summed E-state index contributed by atoms with van der Waals surface area (Å²) < 4.78 is 5.86. The number of rotatable bonds is 6. The van der Waals surface area contributed by atoms with Gasteiger partial charge >= 0.3 is 0 Å². The molecule has 6 nitrogen and oxygen atoms in total. The molecule has 6 heteroatoms. The van der Waals surface area contributed by atoms with E-state index in [-0.39, 0.29) is 18.0 Å². The number of hydrogen-bond donors (Lipinski definition) is 2. The highest BCUT2D eigenvalue weighted by Crippen LogP contribution is 2.28. The van der Waals surface area contributed by atoms with Gasteiger partial charge in [-0.25, -0.2) is 9.97 Å². The van der Waals surface area contributed by atoms with Crippen LogP contribution in [0.25, 0.3) is 11.3 Å². The van der Waals surface area contributed by atoms with Crippen LogP contribution in [0.5, 0.6) is 5.75 Å². The highest BCUT2D eigenvalue weighted by Gasteiger charge is 2.19. The predicted molar refractivity (Wildman–Crippen MR) is 95.0 cm³/mol. The molecular weight excluding hydrogens is 304 g/mol. The zero-order chi connectivity index (χ0) is 17.7. The van der Waals surface area contributed by atoms with Gasteiger partial charge in [-0.05, 0) is 39.3 Å². The van der Waals surface area contributed by atoms with Crippen molar-refractivity contribution in [3.05, 3.63) is 35.5 Å². The first-order valence-electron chi connectivity index (χ1n) is 8.15. The van der Waals surface area contributed by atoms with Gasteiger partial charge in [-0.1, -0.05) is 19.1 Å². The van der Waals surface area contributed by atoms with Crippen LogP contribution in [-0.4, -0.2) is 28.5 Å². The second kappa shape index (κ2) is 7.77. The Morgan fingerprint density at radius 1 is 1.33 bits per heavy atom. The van der Waals surface area contributed by atoms with Gasteiger partial charge in [0.25, 0.3) is 5.91 Å².